The van der Waals surface area contributed by atoms with Gasteiger partial charge in [0.25, 0.3) is 0 Å². The van der Waals surface area contributed by atoms with Crippen molar-refractivity contribution in [3.63, 3.8) is 0 Å². The molecule has 1 unspecified atom stereocenters. The van der Waals surface area contributed by atoms with Crippen LogP contribution in [0.15, 0.2) is 53.7 Å². The molecule has 2 rings (SSSR count). The average molecular weight is 302 g/mol. The fourth-order valence-electron chi connectivity index (χ4n) is 2.01. The number of rotatable bonds is 6. The van der Waals surface area contributed by atoms with Gasteiger partial charge in [-0.3, -0.25) is 4.98 Å². The first-order valence-electron chi connectivity index (χ1n) is 6.57. The van der Waals surface area contributed by atoms with E-state index in [0.717, 1.165) is 5.56 Å². The van der Waals surface area contributed by atoms with E-state index in [-0.39, 0.29) is 18.8 Å². The number of ether oxygens (including phenoxy) is 1. The first-order chi connectivity index (χ1) is 10.2. The van der Waals surface area contributed by atoms with Gasteiger partial charge < -0.3 is 4.74 Å². The molecule has 5 heteroatoms. The van der Waals surface area contributed by atoms with Crippen molar-refractivity contribution in [3.8, 4) is 11.8 Å². The zero-order chi connectivity index (χ0) is 15.1. The molecular weight excluding hydrogens is 287 g/mol. The van der Waals surface area contributed by atoms with Crippen LogP contribution in [0.2, 0.25) is 0 Å². The van der Waals surface area contributed by atoms with Crippen molar-refractivity contribution in [1.29, 1.82) is 5.26 Å². The second-order valence-corrected chi connectivity index (χ2v) is 5.25. The Morgan fingerprint density at radius 3 is 2.62 bits per heavy atom. The highest BCUT2D eigenvalue weighted by Crippen LogP contribution is 2.29. The summed E-state index contributed by atoms with van der Waals surface area (Å²) in [4.78, 5) is 4.60. The minimum atomic E-state index is -0.734. The molecule has 1 heterocycles. The van der Waals surface area contributed by atoms with E-state index < -0.39 is 5.41 Å². The van der Waals surface area contributed by atoms with Gasteiger partial charge in [0, 0.05) is 17.3 Å². The monoisotopic (exact) mass is 302 g/mol. The van der Waals surface area contributed by atoms with Gasteiger partial charge in [0.15, 0.2) is 0 Å². The van der Waals surface area contributed by atoms with Gasteiger partial charge in [0.05, 0.1) is 18.2 Å². The van der Waals surface area contributed by atoms with Crippen LogP contribution in [-0.4, -0.2) is 11.6 Å². The first kappa shape index (κ1) is 15.3. The average Bonchev–Trinajstić information content (AvgIpc) is 2.58. The number of halogens is 1. The summed E-state index contributed by atoms with van der Waals surface area (Å²) < 4.78 is 18.1. The minimum absolute atomic E-state index is 0.191. The van der Waals surface area contributed by atoms with Crippen molar-refractivity contribution < 1.29 is 8.62 Å². The smallest absolute Gasteiger partial charge is 0.119 e. The molecule has 0 aliphatic heterocycles. The molecular formula is C16H15FN2OS. The molecule has 0 N–H and O–H groups in total. The minimum Gasteiger partial charge on any atom is -0.492 e. The molecule has 1 atom stereocenters. The molecule has 0 fully saturated rings. The van der Waals surface area contributed by atoms with Crippen LogP contribution in [0.5, 0.6) is 5.75 Å². The standard InChI is InChI=1S/C16H15FN2OS/c1-2-16(11-18,13-4-3-9-19-10-13)12-20-14-5-7-15(21-17)8-6-14/h3-10H,2,12H2,1H3. The number of nitrogens with zero attached hydrogens (tertiary/aromatic N) is 2. The highest BCUT2D eigenvalue weighted by molar-refractivity contribution is 7.94. The summed E-state index contributed by atoms with van der Waals surface area (Å²) in [6, 6.07) is 12.7. The Bertz CT molecular complexity index is 612. The van der Waals surface area contributed by atoms with Crippen LogP contribution in [-0.2, 0) is 5.41 Å². The van der Waals surface area contributed by atoms with Crippen LogP contribution < -0.4 is 4.74 Å². The molecule has 3 nitrogen and oxygen atoms in total. The predicted octanol–water partition coefficient (Wildman–Crippen LogP) is 4.31. The van der Waals surface area contributed by atoms with Gasteiger partial charge in [-0.15, -0.1) is 0 Å². The zero-order valence-electron chi connectivity index (χ0n) is 11.6. The van der Waals surface area contributed by atoms with Crippen LogP contribution in [0.4, 0.5) is 3.89 Å². The highest BCUT2D eigenvalue weighted by Gasteiger charge is 2.31. The van der Waals surface area contributed by atoms with Crippen molar-refractivity contribution >= 4 is 12.1 Å². The molecule has 108 valence electrons. The summed E-state index contributed by atoms with van der Waals surface area (Å²) >= 11 is 0.191. The molecule has 2 aromatic rings. The lowest BCUT2D eigenvalue weighted by Gasteiger charge is -2.25. The number of nitriles is 1. The summed E-state index contributed by atoms with van der Waals surface area (Å²) in [5.41, 5.74) is 0.104. The molecule has 21 heavy (non-hydrogen) atoms. The summed E-state index contributed by atoms with van der Waals surface area (Å²) in [6.07, 6.45) is 3.99. The lowest BCUT2D eigenvalue weighted by molar-refractivity contribution is 0.247. The number of pyridine rings is 1. The van der Waals surface area contributed by atoms with E-state index in [1.165, 1.54) is 0 Å². The quantitative estimate of drug-likeness (QED) is 0.797. The zero-order valence-corrected chi connectivity index (χ0v) is 12.4. The Hall–Kier alpha value is -2.06. The Labute approximate surface area is 128 Å². The van der Waals surface area contributed by atoms with Crippen molar-refractivity contribution in [1.82, 2.24) is 4.98 Å². The topological polar surface area (TPSA) is 45.9 Å². The number of hydrogen-bond donors (Lipinski definition) is 0. The maximum absolute atomic E-state index is 12.4. The Morgan fingerprint density at radius 1 is 1.33 bits per heavy atom. The van der Waals surface area contributed by atoms with E-state index in [9.17, 15) is 9.15 Å². The number of benzene rings is 1. The van der Waals surface area contributed by atoms with E-state index in [1.54, 1.807) is 36.7 Å². The number of hydrogen-bond acceptors (Lipinski definition) is 4. The second-order valence-electron chi connectivity index (χ2n) is 4.63. The van der Waals surface area contributed by atoms with E-state index in [2.05, 4.69) is 11.1 Å². The molecule has 1 aromatic carbocycles. The normalized spacial score (nSPS) is 13.2. The van der Waals surface area contributed by atoms with Crippen LogP contribution in [0.1, 0.15) is 18.9 Å². The first-order valence-corrected chi connectivity index (χ1v) is 7.29. The predicted molar refractivity (Wildman–Crippen MR) is 80.7 cm³/mol. The molecule has 0 radical (unpaired) electrons. The molecule has 0 aliphatic carbocycles. The molecule has 0 spiro atoms. The van der Waals surface area contributed by atoms with Gasteiger partial charge in [0.1, 0.15) is 17.8 Å². The van der Waals surface area contributed by atoms with Gasteiger partial charge in [-0.2, -0.15) is 9.15 Å². The van der Waals surface area contributed by atoms with E-state index >= 15 is 0 Å². The van der Waals surface area contributed by atoms with Crippen LogP contribution in [0.25, 0.3) is 0 Å². The third kappa shape index (κ3) is 3.53. The van der Waals surface area contributed by atoms with Gasteiger partial charge in [-0.25, -0.2) is 0 Å². The van der Waals surface area contributed by atoms with E-state index in [1.807, 2.05) is 19.1 Å². The lowest BCUT2D eigenvalue weighted by Crippen LogP contribution is -2.31. The van der Waals surface area contributed by atoms with Crippen LogP contribution in [0, 0.1) is 11.3 Å². The Morgan fingerprint density at radius 2 is 2.10 bits per heavy atom. The Balaban J connectivity index is 2.15. The molecule has 0 saturated heterocycles. The Kier molecular flexibility index (Phi) is 5.18. The lowest BCUT2D eigenvalue weighted by atomic mass is 9.81. The highest BCUT2D eigenvalue weighted by atomic mass is 32.2. The van der Waals surface area contributed by atoms with Crippen LogP contribution >= 0.6 is 12.1 Å². The van der Waals surface area contributed by atoms with Crippen molar-refractivity contribution in [2.45, 2.75) is 23.7 Å². The SMILES string of the molecule is CCC(C#N)(COc1ccc(SF)cc1)c1cccnc1. The van der Waals surface area contributed by atoms with Crippen molar-refractivity contribution in [2.75, 3.05) is 6.61 Å². The third-order valence-corrected chi connectivity index (χ3v) is 3.88. The summed E-state index contributed by atoms with van der Waals surface area (Å²) in [7, 11) is 0. The second kappa shape index (κ2) is 7.09. The molecule has 1 aromatic heterocycles. The molecule has 0 aliphatic rings. The van der Waals surface area contributed by atoms with E-state index in [0.29, 0.717) is 17.1 Å². The summed E-state index contributed by atoms with van der Waals surface area (Å²) in [5, 5.41) is 9.58. The summed E-state index contributed by atoms with van der Waals surface area (Å²) in [6.45, 7) is 2.18. The maximum atomic E-state index is 12.4. The molecule has 0 saturated carbocycles. The molecule has 0 bridgehead atoms. The van der Waals surface area contributed by atoms with Crippen molar-refractivity contribution in [2.24, 2.45) is 0 Å². The van der Waals surface area contributed by atoms with E-state index in [4.69, 9.17) is 4.74 Å². The van der Waals surface area contributed by atoms with Gasteiger partial charge in [-0.05, 0) is 42.3 Å². The van der Waals surface area contributed by atoms with Crippen molar-refractivity contribution in [3.05, 3.63) is 54.4 Å². The summed E-state index contributed by atoms with van der Waals surface area (Å²) in [5.74, 6) is 0.616. The van der Waals surface area contributed by atoms with Crippen LogP contribution in [0.3, 0.4) is 0 Å². The van der Waals surface area contributed by atoms with Gasteiger partial charge in [0.2, 0.25) is 0 Å². The third-order valence-electron chi connectivity index (χ3n) is 3.43. The largest absolute Gasteiger partial charge is 0.492 e. The fourth-order valence-corrected chi connectivity index (χ4v) is 2.24. The molecule has 0 amide bonds. The number of aromatic nitrogens is 1. The van der Waals surface area contributed by atoms with Gasteiger partial charge >= 0.3 is 0 Å². The maximum Gasteiger partial charge on any atom is 0.119 e. The fraction of sp³-hybridized carbons (Fsp3) is 0.250. The van der Waals surface area contributed by atoms with Gasteiger partial charge in [-0.1, -0.05) is 13.0 Å².